The Hall–Kier alpha value is -0.880. The van der Waals surface area contributed by atoms with Crippen LogP contribution in [0.4, 0.5) is 0 Å². The van der Waals surface area contributed by atoms with Crippen LogP contribution in [0.5, 0.6) is 0 Å². The molecule has 0 aliphatic carbocycles. The first-order chi connectivity index (χ1) is 8.92. The highest BCUT2D eigenvalue weighted by Crippen LogP contribution is 2.23. The number of nitrogens with zero attached hydrogens (tertiary/aromatic N) is 2. The Morgan fingerprint density at radius 1 is 1.53 bits per heavy atom. The summed E-state index contributed by atoms with van der Waals surface area (Å²) in [5, 5.41) is 13.5. The van der Waals surface area contributed by atoms with E-state index in [1.54, 1.807) is 13.8 Å². The lowest BCUT2D eigenvalue weighted by atomic mass is 9.93. The first kappa shape index (κ1) is 14.5. The predicted octanol–water partition coefficient (Wildman–Crippen LogP) is 0.752. The van der Waals surface area contributed by atoms with Gasteiger partial charge in [0.05, 0.1) is 5.41 Å². The van der Waals surface area contributed by atoms with Gasteiger partial charge < -0.3 is 20.2 Å². The van der Waals surface area contributed by atoms with Crippen LogP contribution < -0.4 is 5.32 Å². The van der Waals surface area contributed by atoms with Crippen molar-refractivity contribution >= 4 is 23.3 Å². The Kier molecular flexibility index (Phi) is 4.30. The van der Waals surface area contributed by atoms with Gasteiger partial charge >= 0.3 is 5.97 Å². The number of hydrogen-bond acceptors (Lipinski definition) is 3. The maximum Gasteiger partial charge on any atom is 0.310 e. The zero-order valence-corrected chi connectivity index (χ0v) is 12.5. The van der Waals surface area contributed by atoms with Crippen LogP contribution in [-0.2, 0) is 4.79 Å². The van der Waals surface area contributed by atoms with E-state index in [0.717, 1.165) is 44.1 Å². The molecule has 2 aliphatic heterocycles. The molecule has 0 bridgehead atoms. The Bertz CT molecular complexity index is 373. The van der Waals surface area contributed by atoms with E-state index in [1.807, 2.05) is 0 Å². The molecule has 1 atom stereocenters. The highest BCUT2D eigenvalue weighted by atomic mass is 32.1. The summed E-state index contributed by atoms with van der Waals surface area (Å²) in [6.07, 6.45) is 2.19. The predicted molar refractivity (Wildman–Crippen MR) is 78.2 cm³/mol. The quantitative estimate of drug-likeness (QED) is 0.747. The standard InChI is InChI=1S/C13H23N3O2S/c1-13(2,11(17)18)9-15-6-3-4-10-8-14-5-7-16(10)12(15)19/h10,14H,3-9H2,1-2H3,(H,17,18)/t10-/m0/s1. The summed E-state index contributed by atoms with van der Waals surface area (Å²) in [5.41, 5.74) is -0.766. The third-order valence-electron chi connectivity index (χ3n) is 4.00. The fourth-order valence-corrected chi connectivity index (χ4v) is 3.15. The molecule has 0 spiro atoms. The minimum Gasteiger partial charge on any atom is -0.481 e. The second-order valence-electron chi connectivity index (χ2n) is 6.09. The number of aliphatic carboxylic acids is 1. The smallest absolute Gasteiger partial charge is 0.310 e. The van der Waals surface area contributed by atoms with Gasteiger partial charge in [0.2, 0.25) is 0 Å². The van der Waals surface area contributed by atoms with Crippen LogP contribution in [-0.4, -0.2) is 64.8 Å². The Balaban J connectivity index is 2.09. The molecule has 0 aromatic heterocycles. The van der Waals surface area contributed by atoms with E-state index in [0.29, 0.717) is 12.6 Å². The molecule has 0 aromatic rings. The minimum atomic E-state index is -0.767. The topological polar surface area (TPSA) is 55.8 Å². The molecular formula is C13H23N3O2S. The van der Waals surface area contributed by atoms with E-state index in [2.05, 4.69) is 15.1 Å². The first-order valence-corrected chi connectivity index (χ1v) is 7.32. The molecule has 2 aliphatic rings. The number of rotatable bonds is 3. The normalized spacial score (nSPS) is 24.9. The van der Waals surface area contributed by atoms with E-state index >= 15 is 0 Å². The Labute approximate surface area is 119 Å². The fraction of sp³-hybridized carbons (Fsp3) is 0.846. The summed E-state index contributed by atoms with van der Waals surface area (Å²) < 4.78 is 0. The molecule has 0 unspecified atom stereocenters. The molecule has 2 saturated heterocycles. The van der Waals surface area contributed by atoms with Crippen LogP contribution >= 0.6 is 12.2 Å². The van der Waals surface area contributed by atoms with Gasteiger partial charge in [-0.05, 0) is 38.9 Å². The van der Waals surface area contributed by atoms with Crippen molar-refractivity contribution in [2.24, 2.45) is 5.41 Å². The molecule has 6 heteroatoms. The van der Waals surface area contributed by atoms with Gasteiger partial charge in [0, 0.05) is 38.8 Å². The van der Waals surface area contributed by atoms with E-state index in [-0.39, 0.29) is 0 Å². The van der Waals surface area contributed by atoms with E-state index in [9.17, 15) is 9.90 Å². The summed E-state index contributed by atoms with van der Waals surface area (Å²) in [7, 11) is 0. The van der Waals surface area contributed by atoms with Crippen molar-refractivity contribution in [2.45, 2.75) is 32.7 Å². The molecule has 108 valence electrons. The lowest BCUT2D eigenvalue weighted by Crippen LogP contribution is -2.56. The van der Waals surface area contributed by atoms with Crippen molar-refractivity contribution in [1.29, 1.82) is 0 Å². The van der Waals surface area contributed by atoms with E-state index in [1.165, 1.54) is 0 Å². The molecule has 2 fully saturated rings. The number of fused-ring (bicyclic) bond motifs is 1. The van der Waals surface area contributed by atoms with Crippen molar-refractivity contribution in [3.63, 3.8) is 0 Å². The van der Waals surface area contributed by atoms with Crippen LogP contribution in [0.1, 0.15) is 26.7 Å². The first-order valence-electron chi connectivity index (χ1n) is 6.91. The maximum atomic E-state index is 11.3. The Morgan fingerprint density at radius 3 is 2.95 bits per heavy atom. The summed E-state index contributed by atoms with van der Waals surface area (Å²) in [6.45, 7) is 7.73. The molecule has 2 N–H and O–H groups in total. The third-order valence-corrected chi connectivity index (χ3v) is 4.49. The molecule has 2 rings (SSSR count). The van der Waals surface area contributed by atoms with Crippen molar-refractivity contribution in [2.75, 3.05) is 32.7 Å². The maximum absolute atomic E-state index is 11.3. The highest BCUT2D eigenvalue weighted by Gasteiger charge is 2.35. The number of nitrogens with one attached hydrogen (secondary N) is 1. The number of piperazine rings is 1. The number of carboxylic acid groups (broad SMARTS) is 1. The lowest BCUT2D eigenvalue weighted by Gasteiger charge is -2.40. The summed E-state index contributed by atoms with van der Waals surface area (Å²) in [5.74, 6) is -0.767. The van der Waals surface area contributed by atoms with Gasteiger partial charge in [0.1, 0.15) is 0 Å². The second kappa shape index (κ2) is 5.63. The average molecular weight is 285 g/mol. The molecule has 19 heavy (non-hydrogen) atoms. The SMILES string of the molecule is CC(C)(CN1CCC[C@H]2CNCCN2C1=S)C(=O)O. The molecule has 5 nitrogen and oxygen atoms in total. The van der Waals surface area contributed by atoms with Crippen LogP contribution in [0.3, 0.4) is 0 Å². The zero-order chi connectivity index (χ0) is 14.0. The van der Waals surface area contributed by atoms with Crippen molar-refractivity contribution < 1.29 is 9.90 Å². The van der Waals surface area contributed by atoms with Gasteiger partial charge in [-0.1, -0.05) is 0 Å². The van der Waals surface area contributed by atoms with Gasteiger partial charge in [-0.25, -0.2) is 0 Å². The molecule has 0 saturated carbocycles. The van der Waals surface area contributed by atoms with E-state index in [4.69, 9.17) is 12.2 Å². The molecular weight excluding hydrogens is 262 g/mol. The van der Waals surface area contributed by atoms with Crippen LogP contribution in [0.25, 0.3) is 0 Å². The highest BCUT2D eigenvalue weighted by molar-refractivity contribution is 7.80. The second-order valence-corrected chi connectivity index (χ2v) is 6.45. The minimum absolute atomic E-state index is 0.471. The number of thiocarbonyl (C=S) groups is 1. The zero-order valence-electron chi connectivity index (χ0n) is 11.7. The lowest BCUT2D eigenvalue weighted by molar-refractivity contribution is -0.147. The Morgan fingerprint density at radius 2 is 2.26 bits per heavy atom. The van der Waals surface area contributed by atoms with Gasteiger partial charge in [-0.3, -0.25) is 4.79 Å². The van der Waals surface area contributed by atoms with Crippen LogP contribution in [0.2, 0.25) is 0 Å². The third kappa shape index (κ3) is 3.17. The summed E-state index contributed by atoms with van der Waals surface area (Å²) in [4.78, 5) is 15.6. The van der Waals surface area contributed by atoms with Gasteiger partial charge in [0.15, 0.2) is 5.11 Å². The summed E-state index contributed by atoms with van der Waals surface area (Å²) in [6, 6.07) is 0.471. The number of hydrogen-bond donors (Lipinski definition) is 2. The number of carboxylic acids is 1. The molecule has 2 heterocycles. The fourth-order valence-electron chi connectivity index (χ4n) is 2.76. The largest absolute Gasteiger partial charge is 0.481 e. The van der Waals surface area contributed by atoms with Crippen molar-refractivity contribution in [3.05, 3.63) is 0 Å². The van der Waals surface area contributed by atoms with Crippen molar-refractivity contribution in [1.82, 2.24) is 15.1 Å². The van der Waals surface area contributed by atoms with Crippen LogP contribution in [0, 0.1) is 5.41 Å². The molecule has 0 radical (unpaired) electrons. The van der Waals surface area contributed by atoms with Gasteiger partial charge in [-0.15, -0.1) is 0 Å². The molecule has 0 aromatic carbocycles. The molecule has 0 amide bonds. The van der Waals surface area contributed by atoms with Gasteiger partial charge in [0.25, 0.3) is 0 Å². The monoisotopic (exact) mass is 285 g/mol. The summed E-state index contributed by atoms with van der Waals surface area (Å²) >= 11 is 5.60. The van der Waals surface area contributed by atoms with Crippen LogP contribution in [0.15, 0.2) is 0 Å². The van der Waals surface area contributed by atoms with Gasteiger partial charge in [-0.2, -0.15) is 0 Å². The van der Waals surface area contributed by atoms with Crippen molar-refractivity contribution in [3.8, 4) is 0 Å². The van der Waals surface area contributed by atoms with E-state index < -0.39 is 11.4 Å². The average Bonchev–Trinajstić information content (AvgIpc) is 2.50. The number of carbonyl (C=O) groups is 1.